The number of aryl methyl sites for hydroxylation is 1. The van der Waals surface area contributed by atoms with Crippen molar-refractivity contribution in [2.24, 2.45) is 0 Å². The Kier molecular flexibility index (Phi) is 5.91. The topological polar surface area (TPSA) is 60.8 Å². The maximum atomic E-state index is 11.6. The van der Waals surface area contributed by atoms with Crippen molar-refractivity contribution < 1.29 is 15.0 Å². The van der Waals surface area contributed by atoms with Crippen molar-refractivity contribution in [1.29, 1.82) is 0 Å². The average molecular weight is 291 g/mol. The molecule has 0 aliphatic carbocycles. The number of benzene rings is 1. The van der Waals surface area contributed by atoms with Crippen molar-refractivity contribution in [3.8, 4) is 0 Å². The number of aliphatic hydroxyl groups is 2. The molecule has 1 aliphatic heterocycles. The Bertz CT molecular complexity index is 449. The molecule has 1 fully saturated rings. The van der Waals surface area contributed by atoms with Crippen LogP contribution in [-0.2, 0) is 11.2 Å². The van der Waals surface area contributed by atoms with Gasteiger partial charge in [-0.2, -0.15) is 0 Å². The maximum Gasteiger partial charge on any atom is 0.134 e. The molecule has 1 saturated heterocycles. The van der Waals surface area contributed by atoms with Gasteiger partial charge in [-0.1, -0.05) is 37.3 Å². The molecule has 4 nitrogen and oxygen atoms in total. The van der Waals surface area contributed by atoms with Crippen LogP contribution in [0.2, 0.25) is 0 Å². The van der Waals surface area contributed by atoms with Gasteiger partial charge in [-0.15, -0.1) is 0 Å². The van der Waals surface area contributed by atoms with E-state index in [1.54, 1.807) is 0 Å². The molecule has 4 heteroatoms. The lowest BCUT2D eigenvalue weighted by Gasteiger charge is -2.25. The van der Waals surface area contributed by atoms with Crippen LogP contribution in [0.5, 0.6) is 0 Å². The zero-order valence-corrected chi connectivity index (χ0v) is 12.6. The summed E-state index contributed by atoms with van der Waals surface area (Å²) in [6, 6.07) is 10.0. The lowest BCUT2D eigenvalue weighted by atomic mass is 10.0. The summed E-state index contributed by atoms with van der Waals surface area (Å²) >= 11 is 0. The van der Waals surface area contributed by atoms with Crippen LogP contribution in [0.4, 0.5) is 0 Å². The summed E-state index contributed by atoms with van der Waals surface area (Å²) in [5.41, 5.74) is 1.29. The number of carbonyl (C=O) groups is 1. The van der Waals surface area contributed by atoms with E-state index in [9.17, 15) is 15.0 Å². The molecule has 1 aromatic carbocycles. The molecule has 0 saturated carbocycles. The number of ketones is 1. The predicted octanol–water partition coefficient (Wildman–Crippen LogP) is 1.39. The van der Waals surface area contributed by atoms with E-state index >= 15 is 0 Å². The molecule has 116 valence electrons. The van der Waals surface area contributed by atoms with Gasteiger partial charge >= 0.3 is 0 Å². The smallest absolute Gasteiger partial charge is 0.134 e. The number of carbonyl (C=O) groups excluding carboxylic acids is 1. The molecule has 2 N–H and O–H groups in total. The van der Waals surface area contributed by atoms with Gasteiger partial charge in [0.15, 0.2) is 0 Å². The molecular weight excluding hydrogens is 266 g/mol. The van der Waals surface area contributed by atoms with E-state index < -0.39 is 12.2 Å². The van der Waals surface area contributed by atoms with E-state index in [2.05, 4.69) is 17.0 Å². The standard InChI is InChI=1S/C17H25NO3/c1-2-14(19)11-15-17(21)16(20)12-18(15)10-6-9-13-7-4-3-5-8-13/h3-5,7-8,15-17,20-21H,2,6,9-12H2,1H3/t15-,16-,17-/m1/s1. The molecule has 0 aromatic heterocycles. The summed E-state index contributed by atoms with van der Waals surface area (Å²) < 4.78 is 0. The second-order valence-electron chi connectivity index (χ2n) is 5.81. The summed E-state index contributed by atoms with van der Waals surface area (Å²) in [5.74, 6) is 0.140. The fraction of sp³-hybridized carbons (Fsp3) is 0.588. The fourth-order valence-corrected chi connectivity index (χ4v) is 2.97. The predicted molar refractivity (Wildman–Crippen MR) is 82.1 cm³/mol. The number of Topliss-reactive ketones (excluding diaryl/α,β-unsaturated/α-hetero) is 1. The third kappa shape index (κ3) is 4.37. The fourth-order valence-electron chi connectivity index (χ4n) is 2.97. The Morgan fingerprint density at radius 3 is 2.67 bits per heavy atom. The van der Waals surface area contributed by atoms with Crippen LogP contribution in [0.3, 0.4) is 0 Å². The van der Waals surface area contributed by atoms with Crippen LogP contribution in [0.1, 0.15) is 31.7 Å². The number of likely N-dealkylation sites (tertiary alicyclic amines) is 1. The number of β-amino-alcohol motifs (C(OH)–C–C–N with tert-alkyl or cyclic N) is 1. The van der Waals surface area contributed by atoms with E-state index in [-0.39, 0.29) is 11.8 Å². The van der Waals surface area contributed by atoms with E-state index in [0.29, 0.717) is 19.4 Å². The first-order valence-corrected chi connectivity index (χ1v) is 7.77. The first-order chi connectivity index (χ1) is 10.1. The lowest BCUT2D eigenvalue weighted by Crippen LogP contribution is -2.38. The summed E-state index contributed by atoms with van der Waals surface area (Å²) in [7, 11) is 0. The quantitative estimate of drug-likeness (QED) is 0.797. The molecule has 0 unspecified atom stereocenters. The highest BCUT2D eigenvalue weighted by molar-refractivity contribution is 5.78. The van der Waals surface area contributed by atoms with Crippen molar-refractivity contribution >= 4 is 5.78 Å². The zero-order valence-electron chi connectivity index (χ0n) is 12.6. The molecule has 1 aromatic rings. The maximum absolute atomic E-state index is 11.6. The molecule has 1 heterocycles. The van der Waals surface area contributed by atoms with E-state index in [1.165, 1.54) is 5.56 Å². The molecule has 0 amide bonds. The highest BCUT2D eigenvalue weighted by atomic mass is 16.3. The Labute approximate surface area is 126 Å². The summed E-state index contributed by atoms with van der Waals surface area (Å²) in [4.78, 5) is 13.7. The number of hydrogen-bond acceptors (Lipinski definition) is 4. The van der Waals surface area contributed by atoms with Crippen molar-refractivity contribution in [3.63, 3.8) is 0 Å². The van der Waals surface area contributed by atoms with E-state index in [0.717, 1.165) is 19.4 Å². The molecule has 0 radical (unpaired) electrons. The second-order valence-corrected chi connectivity index (χ2v) is 5.81. The molecular formula is C17H25NO3. The van der Waals surface area contributed by atoms with Crippen LogP contribution in [0, 0.1) is 0 Å². The monoisotopic (exact) mass is 291 g/mol. The van der Waals surface area contributed by atoms with Crippen molar-refractivity contribution in [2.75, 3.05) is 13.1 Å². The Morgan fingerprint density at radius 1 is 1.29 bits per heavy atom. The number of nitrogens with zero attached hydrogens (tertiary/aromatic N) is 1. The van der Waals surface area contributed by atoms with E-state index in [1.807, 2.05) is 25.1 Å². The number of rotatable bonds is 7. The van der Waals surface area contributed by atoms with Gasteiger partial charge in [0.25, 0.3) is 0 Å². The minimum atomic E-state index is -0.808. The van der Waals surface area contributed by atoms with Gasteiger partial charge < -0.3 is 10.2 Å². The number of aliphatic hydroxyl groups excluding tert-OH is 2. The minimum absolute atomic E-state index is 0.140. The molecule has 2 rings (SSSR count). The van der Waals surface area contributed by atoms with Crippen LogP contribution >= 0.6 is 0 Å². The van der Waals surface area contributed by atoms with Crippen molar-refractivity contribution in [3.05, 3.63) is 35.9 Å². The lowest BCUT2D eigenvalue weighted by molar-refractivity contribution is -0.120. The third-order valence-electron chi connectivity index (χ3n) is 4.26. The van der Waals surface area contributed by atoms with Crippen molar-refractivity contribution in [2.45, 2.75) is 50.9 Å². The van der Waals surface area contributed by atoms with Gasteiger partial charge in [0.2, 0.25) is 0 Å². The summed E-state index contributed by atoms with van der Waals surface area (Å²) in [6.45, 7) is 3.09. The Balaban J connectivity index is 1.86. The highest BCUT2D eigenvalue weighted by Gasteiger charge is 2.39. The van der Waals surface area contributed by atoms with Crippen molar-refractivity contribution in [1.82, 2.24) is 4.90 Å². The highest BCUT2D eigenvalue weighted by Crippen LogP contribution is 2.22. The first-order valence-electron chi connectivity index (χ1n) is 7.77. The van der Waals surface area contributed by atoms with Crippen LogP contribution < -0.4 is 0 Å². The van der Waals surface area contributed by atoms with Gasteiger partial charge in [-0.3, -0.25) is 9.69 Å². The minimum Gasteiger partial charge on any atom is -0.389 e. The third-order valence-corrected chi connectivity index (χ3v) is 4.26. The summed E-state index contributed by atoms with van der Waals surface area (Å²) in [6.07, 6.45) is 1.20. The molecule has 0 spiro atoms. The zero-order chi connectivity index (χ0) is 15.2. The number of hydrogen-bond donors (Lipinski definition) is 2. The first kappa shape index (κ1) is 16.1. The average Bonchev–Trinajstić information content (AvgIpc) is 2.76. The Morgan fingerprint density at radius 2 is 2.00 bits per heavy atom. The van der Waals surface area contributed by atoms with Crippen LogP contribution in [-0.4, -0.2) is 52.2 Å². The molecule has 3 atom stereocenters. The van der Waals surface area contributed by atoms with Gasteiger partial charge in [-0.25, -0.2) is 0 Å². The van der Waals surface area contributed by atoms with Crippen LogP contribution in [0.15, 0.2) is 30.3 Å². The van der Waals surface area contributed by atoms with E-state index in [4.69, 9.17) is 0 Å². The van der Waals surface area contributed by atoms with Gasteiger partial charge in [-0.05, 0) is 24.9 Å². The molecule has 0 bridgehead atoms. The van der Waals surface area contributed by atoms with Crippen LogP contribution in [0.25, 0.3) is 0 Å². The van der Waals surface area contributed by atoms with Gasteiger partial charge in [0.05, 0.1) is 12.2 Å². The normalized spacial score (nSPS) is 26.1. The SMILES string of the molecule is CCC(=O)C[C@@H]1[C@@H](O)[C@H](O)CN1CCCc1ccccc1. The summed E-state index contributed by atoms with van der Waals surface area (Å²) in [5, 5.41) is 19.9. The second kappa shape index (κ2) is 7.69. The largest absolute Gasteiger partial charge is 0.389 e. The molecule has 21 heavy (non-hydrogen) atoms. The van der Waals surface area contributed by atoms with Gasteiger partial charge in [0.1, 0.15) is 5.78 Å². The van der Waals surface area contributed by atoms with Gasteiger partial charge in [0, 0.05) is 25.4 Å². The Hall–Kier alpha value is -1.23. The molecule has 1 aliphatic rings.